The summed E-state index contributed by atoms with van der Waals surface area (Å²) in [5, 5.41) is 12.2. The van der Waals surface area contributed by atoms with Crippen LogP contribution in [0.1, 0.15) is 15.9 Å². The van der Waals surface area contributed by atoms with Crippen molar-refractivity contribution in [2.75, 3.05) is 29.9 Å². The second-order valence-electron chi connectivity index (χ2n) is 7.16. The van der Waals surface area contributed by atoms with E-state index in [4.69, 9.17) is 21.1 Å². The molecule has 174 valence electrons. The molecule has 1 aliphatic heterocycles. The van der Waals surface area contributed by atoms with Gasteiger partial charge in [-0.05, 0) is 70.5 Å². The maximum atomic E-state index is 13.6. The number of rotatable bonds is 5. The summed E-state index contributed by atoms with van der Waals surface area (Å²) in [5.74, 6) is -0.00470. The van der Waals surface area contributed by atoms with Gasteiger partial charge < -0.3 is 14.8 Å². The predicted molar refractivity (Wildman–Crippen MR) is 131 cm³/mol. The van der Waals surface area contributed by atoms with Gasteiger partial charge in [0.1, 0.15) is 29.1 Å². The number of amides is 1. The van der Waals surface area contributed by atoms with E-state index < -0.39 is 15.9 Å². The van der Waals surface area contributed by atoms with Crippen molar-refractivity contribution in [1.82, 2.24) is 0 Å². The van der Waals surface area contributed by atoms with Gasteiger partial charge in [-0.15, -0.1) is 0 Å². The Morgan fingerprint density at radius 1 is 1.21 bits per heavy atom. The summed E-state index contributed by atoms with van der Waals surface area (Å²) in [7, 11) is -2.71. The summed E-state index contributed by atoms with van der Waals surface area (Å²) in [6, 6.07) is 15.7. The Labute approximate surface area is 209 Å². The normalized spacial score (nSPS) is 12.8. The number of nitrogens with one attached hydrogen (secondary N) is 1. The minimum atomic E-state index is -4.08. The van der Waals surface area contributed by atoms with Crippen LogP contribution in [0.15, 0.2) is 64.0 Å². The third-order valence-corrected chi connectivity index (χ3v) is 7.84. The minimum absolute atomic E-state index is 0.0360. The average molecular weight is 563 g/mol. The average Bonchev–Trinajstić information content (AvgIpc) is 2.84. The summed E-state index contributed by atoms with van der Waals surface area (Å²) in [6.45, 7) is 0.171. The molecule has 0 fully saturated rings. The number of halogens is 2. The molecule has 1 aliphatic rings. The zero-order chi connectivity index (χ0) is 24.5. The van der Waals surface area contributed by atoms with E-state index in [1.807, 2.05) is 6.07 Å². The third kappa shape index (κ3) is 4.55. The van der Waals surface area contributed by atoms with Crippen LogP contribution in [-0.2, 0) is 10.0 Å². The molecule has 0 atom stereocenters. The Morgan fingerprint density at radius 2 is 2.00 bits per heavy atom. The van der Waals surface area contributed by atoms with E-state index in [2.05, 4.69) is 21.2 Å². The molecule has 0 unspecified atom stereocenters. The SMILES string of the molecule is COc1ccc(Cl)cc1S(=O)(=O)N1CCOc2ccc(C(=O)Nc3ccc(Br)c(C#N)c3)cc21. The second-order valence-corrected chi connectivity index (χ2v) is 10.3. The molecule has 1 heterocycles. The van der Waals surface area contributed by atoms with E-state index in [-0.39, 0.29) is 40.1 Å². The smallest absolute Gasteiger partial charge is 0.268 e. The lowest BCUT2D eigenvalue weighted by Crippen LogP contribution is -2.38. The van der Waals surface area contributed by atoms with Crippen LogP contribution in [0.3, 0.4) is 0 Å². The van der Waals surface area contributed by atoms with Crippen molar-refractivity contribution in [3.8, 4) is 17.6 Å². The van der Waals surface area contributed by atoms with Crippen molar-refractivity contribution in [1.29, 1.82) is 5.26 Å². The Kier molecular flexibility index (Phi) is 6.70. The van der Waals surface area contributed by atoms with E-state index in [1.165, 1.54) is 47.8 Å². The lowest BCUT2D eigenvalue weighted by atomic mass is 10.1. The molecule has 1 N–H and O–H groups in total. The summed E-state index contributed by atoms with van der Waals surface area (Å²) in [5.41, 5.74) is 1.22. The van der Waals surface area contributed by atoms with Gasteiger partial charge in [0.25, 0.3) is 15.9 Å². The molecule has 1 amide bonds. The Morgan fingerprint density at radius 3 is 2.74 bits per heavy atom. The molecule has 0 bridgehead atoms. The van der Waals surface area contributed by atoms with Crippen molar-refractivity contribution < 1.29 is 22.7 Å². The number of ether oxygens (including phenoxy) is 2. The molecule has 3 aromatic rings. The van der Waals surface area contributed by atoms with Gasteiger partial charge in [0.15, 0.2) is 0 Å². The molecule has 0 aromatic heterocycles. The predicted octanol–water partition coefficient (Wildman–Crippen LogP) is 4.82. The highest BCUT2D eigenvalue weighted by molar-refractivity contribution is 9.10. The molecular weight excluding hydrogens is 546 g/mol. The lowest BCUT2D eigenvalue weighted by molar-refractivity contribution is 0.102. The van der Waals surface area contributed by atoms with Gasteiger partial charge in [-0.1, -0.05) is 11.6 Å². The van der Waals surface area contributed by atoms with Gasteiger partial charge >= 0.3 is 0 Å². The number of carbonyl (C=O) groups is 1. The first-order valence-electron chi connectivity index (χ1n) is 9.88. The Hall–Kier alpha value is -3.26. The molecule has 11 heteroatoms. The molecule has 3 aromatic carbocycles. The number of hydrogen-bond acceptors (Lipinski definition) is 6. The quantitative estimate of drug-likeness (QED) is 0.477. The number of sulfonamides is 1. The number of hydrogen-bond donors (Lipinski definition) is 1. The largest absolute Gasteiger partial charge is 0.495 e. The van der Waals surface area contributed by atoms with Crippen molar-refractivity contribution >= 4 is 54.8 Å². The molecule has 4 rings (SSSR count). The van der Waals surface area contributed by atoms with Gasteiger partial charge in [0.2, 0.25) is 0 Å². The van der Waals surface area contributed by atoms with Crippen LogP contribution in [0.25, 0.3) is 0 Å². The van der Waals surface area contributed by atoms with Gasteiger partial charge in [-0.25, -0.2) is 8.42 Å². The van der Waals surface area contributed by atoms with Crippen LogP contribution >= 0.6 is 27.5 Å². The Balaban J connectivity index is 1.70. The molecule has 8 nitrogen and oxygen atoms in total. The standard InChI is InChI=1S/C23H17BrClN3O5S/c1-32-21-7-3-16(25)12-22(21)34(30,31)28-8-9-33-20-6-2-14(11-19(20)28)23(29)27-17-4-5-18(24)15(10-17)13-26/h2-7,10-12H,8-9H2,1H3,(H,27,29). The van der Waals surface area contributed by atoms with Crippen LogP contribution in [0.2, 0.25) is 5.02 Å². The van der Waals surface area contributed by atoms with E-state index in [0.29, 0.717) is 21.5 Å². The van der Waals surface area contributed by atoms with Gasteiger partial charge in [0.05, 0.1) is 24.9 Å². The van der Waals surface area contributed by atoms with E-state index >= 15 is 0 Å². The van der Waals surface area contributed by atoms with Crippen molar-refractivity contribution in [2.45, 2.75) is 4.90 Å². The summed E-state index contributed by atoms with van der Waals surface area (Å²) < 4.78 is 39.7. The fourth-order valence-corrected chi connectivity index (χ4v) is 5.65. The van der Waals surface area contributed by atoms with Crippen LogP contribution in [-0.4, -0.2) is 34.6 Å². The van der Waals surface area contributed by atoms with Crippen LogP contribution < -0.4 is 19.1 Å². The molecule has 0 aliphatic carbocycles. The number of nitriles is 1. The highest BCUT2D eigenvalue weighted by Crippen LogP contribution is 2.39. The molecule has 0 spiro atoms. The van der Waals surface area contributed by atoms with Crippen molar-refractivity contribution in [3.63, 3.8) is 0 Å². The fourth-order valence-electron chi connectivity index (χ4n) is 3.45. The number of carbonyl (C=O) groups excluding carboxylic acids is 1. The van der Waals surface area contributed by atoms with Crippen LogP contribution in [0.4, 0.5) is 11.4 Å². The summed E-state index contributed by atoms with van der Waals surface area (Å²) in [4.78, 5) is 12.8. The number of methoxy groups -OCH3 is 1. The molecule has 0 radical (unpaired) electrons. The van der Waals surface area contributed by atoms with Crippen molar-refractivity contribution in [3.05, 3.63) is 75.2 Å². The van der Waals surface area contributed by atoms with Crippen LogP contribution in [0.5, 0.6) is 11.5 Å². The summed E-state index contributed by atoms with van der Waals surface area (Å²) in [6.07, 6.45) is 0. The second kappa shape index (κ2) is 9.54. The Bertz CT molecular complexity index is 1440. The first kappa shape index (κ1) is 23.9. The van der Waals surface area contributed by atoms with Gasteiger partial charge in [-0.2, -0.15) is 5.26 Å². The highest BCUT2D eigenvalue weighted by atomic mass is 79.9. The minimum Gasteiger partial charge on any atom is -0.495 e. The van der Waals surface area contributed by atoms with E-state index in [1.54, 1.807) is 18.2 Å². The lowest BCUT2D eigenvalue weighted by Gasteiger charge is -2.31. The maximum absolute atomic E-state index is 13.6. The molecule has 0 saturated carbocycles. The zero-order valence-electron chi connectivity index (χ0n) is 17.7. The third-order valence-electron chi connectivity index (χ3n) is 5.08. The van der Waals surface area contributed by atoms with E-state index in [9.17, 15) is 18.5 Å². The first-order chi connectivity index (χ1) is 16.2. The number of nitrogens with zero attached hydrogens (tertiary/aromatic N) is 2. The van der Waals surface area contributed by atoms with E-state index in [0.717, 1.165) is 0 Å². The van der Waals surface area contributed by atoms with Gasteiger partial charge in [0, 0.05) is 20.7 Å². The van der Waals surface area contributed by atoms with Crippen LogP contribution in [0, 0.1) is 11.3 Å². The highest BCUT2D eigenvalue weighted by Gasteiger charge is 2.33. The fraction of sp³-hybridized carbons (Fsp3) is 0.130. The maximum Gasteiger partial charge on any atom is 0.268 e. The van der Waals surface area contributed by atoms with Gasteiger partial charge in [-0.3, -0.25) is 9.10 Å². The number of anilines is 2. The topological polar surface area (TPSA) is 109 Å². The summed E-state index contributed by atoms with van der Waals surface area (Å²) >= 11 is 9.33. The zero-order valence-corrected chi connectivity index (χ0v) is 20.9. The molecular formula is C23H17BrClN3O5S. The first-order valence-corrected chi connectivity index (χ1v) is 12.5. The molecule has 0 saturated heterocycles. The monoisotopic (exact) mass is 561 g/mol. The van der Waals surface area contributed by atoms with Crippen molar-refractivity contribution in [2.24, 2.45) is 0 Å². The number of fused-ring (bicyclic) bond motifs is 1. The molecule has 34 heavy (non-hydrogen) atoms. The number of benzene rings is 3.